The molecule has 3 aromatic rings. The highest BCUT2D eigenvalue weighted by Gasteiger charge is 2.29. The van der Waals surface area contributed by atoms with E-state index in [1.807, 2.05) is 0 Å². The summed E-state index contributed by atoms with van der Waals surface area (Å²) in [6.45, 7) is 0. The Balaban J connectivity index is 1.80. The van der Waals surface area contributed by atoms with Crippen LogP contribution in [0.3, 0.4) is 0 Å². The van der Waals surface area contributed by atoms with Gasteiger partial charge in [-0.25, -0.2) is 9.37 Å². The molecule has 0 aliphatic heterocycles. The highest BCUT2D eigenvalue weighted by Crippen LogP contribution is 2.34. The third kappa shape index (κ3) is 4.35. The Bertz CT molecular complexity index is 896. The van der Waals surface area contributed by atoms with E-state index < -0.39 is 11.7 Å². The van der Waals surface area contributed by atoms with Gasteiger partial charge in [0, 0.05) is 5.56 Å². The summed E-state index contributed by atoms with van der Waals surface area (Å²) in [4.78, 5) is 4.46. The number of nitrogens with zero attached hydrogens (tertiary/aromatic N) is 1. The van der Waals surface area contributed by atoms with Crippen LogP contribution in [-0.2, 0) is 6.18 Å². The molecule has 1 heterocycles. The summed E-state index contributed by atoms with van der Waals surface area (Å²) >= 11 is 4.82. The lowest BCUT2D eigenvalue weighted by atomic mass is 10.1. The van der Waals surface area contributed by atoms with Crippen LogP contribution < -0.4 is 0 Å². The predicted molar refractivity (Wildman–Crippen MR) is 95.6 cm³/mol. The van der Waals surface area contributed by atoms with Gasteiger partial charge in [0.1, 0.15) is 10.8 Å². The van der Waals surface area contributed by atoms with E-state index in [4.69, 9.17) is 0 Å². The van der Waals surface area contributed by atoms with Gasteiger partial charge >= 0.3 is 6.18 Å². The average Bonchev–Trinajstić information content (AvgIpc) is 2.94. The van der Waals surface area contributed by atoms with Gasteiger partial charge in [0.2, 0.25) is 0 Å². The summed E-state index contributed by atoms with van der Waals surface area (Å²) in [7, 11) is 0. The first-order chi connectivity index (χ1) is 11.8. The zero-order chi connectivity index (χ0) is 18.0. The SMILES string of the molecule is Fc1ccc(-c2nc(/C=C/c3ccc(C(F)(F)F)cc3)sc2Br)cc1. The summed E-state index contributed by atoms with van der Waals surface area (Å²) < 4.78 is 51.5. The van der Waals surface area contributed by atoms with Crippen molar-refractivity contribution in [3.8, 4) is 11.3 Å². The second-order valence-electron chi connectivity index (χ2n) is 5.13. The molecule has 128 valence electrons. The second-order valence-corrected chi connectivity index (χ2v) is 7.48. The number of benzene rings is 2. The van der Waals surface area contributed by atoms with E-state index in [1.165, 1.54) is 35.6 Å². The molecule has 0 radical (unpaired) electrons. The zero-order valence-corrected chi connectivity index (χ0v) is 14.9. The molecule has 0 aliphatic rings. The molecule has 0 bridgehead atoms. The summed E-state index contributed by atoms with van der Waals surface area (Å²) in [6, 6.07) is 10.9. The van der Waals surface area contributed by atoms with Crippen molar-refractivity contribution in [3.05, 3.63) is 74.3 Å². The molecule has 1 nitrogen and oxygen atoms in total. The predicted octanol–water partition coefficient (Wildman–Crippen LogP) is 6.90. The van der Waals surface area contributed by atoms with E-state index in [-0.39, 0.29) is 5.82 Å². The minimum Gasteiger partial charge on any atom is -0.235 e. The van der Waals surface area contributed by atoms with E-state index in [1.54, 1.807) is 24.3 Å². The van der Waals surface area contributed by atoms with Gasteiger partial charge in [-0.1, -0.05) is 18.2 Å². The minimum atomic E-state index is -4.34. The van der Waals surface area contributed by atoms with Crippen molar-refractivity contribution in [3.63, 3.8) is 0 Å². The van der Waals surface area contributed by atoms with Gasteiger partial charge in [0.25, 0.3) is 0 Å². The third-order valence-electron chi connectivity index (χ3n) is 3.38. The van der Waals surface area contributed by atoms with E-state index in [0.29, 0.717) is 16.3 Å². The number of rotatable bonds is 3. The third-order valence-corrected chi connectivity index (χ3v) is 5.05. The molecular weight excluding hydrogens is 418 g/mol. The fourth-order valence-electron chi connectivity index (χ4n) is 2.12. The van der Waals surface area contributed by atoms with Crippen LogP contribution >= 0.6 is 27.3 Å². The van der Waals surface area contributed by atoms with Gasteiger partial charge in [-0.15, -0.1) is 11.3 Å². The molecule has 0 atom stereocenters. The summed E-state index contributed by atoms with van der Waals surface area (Å²) in [5, 5.41) is 0.686. The summed E-state index contributed by atoms with van der Waals surface area (Å²) in [6.07, 6.45) is -0.919. The molecule has 0 spiro atoms. The Hall–Kier alpha value is -1.99. The maximum atomic E-state index is 13.0. The van der Waals surface area contributed by atoms with Gasteiger partial charge in [-0.3, -0.25) is 0 Å². The van der Waals surface area contributed by atoms with Crippen molar-refractivity contribution in [2.45, 2.75) is 6.18 Å². The molecule has 0 aliphatic carbocycles. The lowest BCUT2D eigenvalue weighted by Gasteiger charge is -2.05. The fourth-order valence-corrected chi connectivity index (χ4v) is 3.66. The van der Waals surface area contributed by atoms with Crippen molar-refractivity contribution in [1.29, 1.82) is 0 Å². The van der Waals surface area contributed by atoms with Gasteiger partial charge in [-0.05, 0) is 64.0 Å². The van der Waals surface area contributed by atoms with Crippen LogP contribution in [0.2, 0.25) is 0 Å². The van der Waals surface area contributed by atoms with Crippen LogP contribution in [-0.4, -0.2) is 4.98 Å². The van der Waals surface area contributed by atoms with E-state index in [2.05, 4.69) is 20.9 Å². The van der Waals surface area contributed by atoms with Crippen molar-refractivity contribution >= 4 is 39.4 Å². The number of hydrogen-bond acceptors (Lipinski definition) is 2. The van der Waals surface area contributed by atoms with Crippen molar-refractivity contribution in [1.82, 2.24) is 4.98 Å². The number of halogens is 5. The number of thiazole rings is 1. The van der Waals surface area contributed by atoms with Gasteiger partial charge in [0.15, 0.2) is 0 Å². The summed E-state index contributed by atoms with van der Waals surface area (Å²) in [5.41, 5.74) is 1.43. The van der Waals surface area contributed by atoms with Crippen LogP contribution in [0.25, 0.3) is 23.4 Å². The van der Waals surface area contributed by atoms with E-state index in [0.717, 1.165) is 21.5 Å². The standard InChI is InChI=1S/C18H10BrF4NS/c19-17-16(12-4-8-14(20)9-5-12)24-15(25-17)10-3-11-1-6-13(7-2-11)18(21,22)23/h1-10H/b10-3+. The Kier molecular flexibility index (Phi) is 5.06. The topological polar surface area (TPSA) is 12.9 Å². The average molecular weight is 428 g/mol. The quantitative estimate of drug-likeness (QED) is 0.414. The zero-order valence-electron chi connectivity index (χ0n) is 12.5. The molecular formula is C18H10BrF4NS. The molecule has 25 heavy (non-hydrogen) atoms. The molecule has 0 saturated carbocycles. The first kappa shape index (κ1) is 17.8. The van der Waals surface area contributed by atoms with Crippen LogP contribution in [0.5, 0.6) is 0 Å². The maximum absolute atomic E-state index is 13.0. The minimum absolute atomic E-state index is 0.322. The molecule has 0 fully saturated rings. The van der Waals surface area contributed by atoms with Crippen molar-refractivity contribution in [2.75, 3.05) is 0 Å². The van der Waals surface area contributed by atoms with Crippen molar-refractivity contribution < 1.29 is 17.6 Å². The molecule has 0 N–H and O–H groups in total. The normalized spacial score (nSPS) is 12.0. The molecule has 1 aromatic heterocycles. The maximum Gasteiger partial charge on any atom is 0.416 e. The molecule has 3 rings (SSSR count). The van der Waals surface area contributed by atoms with E-state index >= 15 is 0 Å². The van der Waals surface area contributed by atoms with Crippen LogP contribution in [0.15, 0.2) is 52.3 Å². The van der Waals surface area contributed by atoms with Crippen molar-refractivity contribution in [2.24, 2.45) is 0 Å². The Morgan fingerprint density at radius 2 is 1.56 bits per heavy atom. The van der Waals surface area contributed by atoms with Gasteiger partial charge < -0.3 is 0 Å². The highest BCUT2D eigenvalue weighted by atomic mass is 79.9. The lowest BCUT2D eigenvalue weighted by Crippen LogP contribution is -2.03. The molecule has 0 amide bonds. The smallest absolute Gasteiger partial charge is 0.235 e. The molecule has 7 heteroatoms. The molecule has 0 unspecified atom stereocenters. The lowest BCUT2D eigenvalue weighted by molar-refractivity contribution is -0.137. The van der Waals surface area contributed by atoms with E-state index in [9.17, 15) is 17.6 Å². The largest absolute Gasteiger partial charge is 0.416 e. The summed E-state index contributed by atoms with van der Waals surface area (Å²) in [5.74, 6) is -0.322. The second kappa shape index (κ2) is 7.09. The van der Waals surface area contributed by atoms with Gasteiger partial charge in [0.05, 0.1) is 15.0 Å². The fraction of sp³-hybridized carbons (Fsp3) is 0.0556. The highest BCUT2D eigenvalue weighted by molar-refractivity contribution is 9.11. The Labute approximate surface area is 153 Å². The molecule has 2 aromatic carbocycles. The number of aromatic nitrogens is 1. The number of hydrogen-bond donors (Lipinski definition) is 0. The number of alkyl halides is 3. The first-order valence-electron chi connectivity index (χ1n) is 7.10. The molecule has 0 saturated heterocycles. The van der Waals surface area contributed by atoms with Crippen LogP contribution in [0, 0.1) is 5.82 Å². The van der Waals surface area contributed by atoms with Crippen LogP contribution in [0.4, 0.5) is 17.6 Å². The Morgan fingerprint density at radius 1 is 0.920 bits per heavy atom. The van der Waals surface area contributed by atoms with Gasteiger partial charge in [-0.2, -0.15) is 13.2 Å². The Morgan fingerprint density at radius 3 is 2.16 bits per heavy atom. The first-order valence-corrected chi connectivity index (χ1v) is 8.71. The van der Waals surface area contributed by atoms with Crippen LogP contribution in [0.1, 0.15) is 16.1 Å². The monoisotopic (exact) mass is 427 g/mol.